The van der Waals surface area contributed by atoms with E-state index in [1.807, 2.05) is 30.3 Å². The van der Waals surface area contributed by atoms with Crippen LogP contribution in [0.1, 0.15) is 12.0 Å². The van der Waals surface area contributed by atoms with Gasteiger partial charge in [-0.15, -0.1) is 12.3 Å². The van der Waals surface area contributed by atoms with Crippen LogP contribution in [0.25, 0.3) is 10.8 Å². The lowest BCUT2D eigenvalue weighted by Crippen LogP contribution is -2.21. The monoisotopic (exact) mass is 360 g/mol. The van der Waals surface area contributed by atoms with Crippen molar-refractivity contribution in [2.75, 3.05) is 6.79 Å². The zero-order chi connectivity index (χ0) is 18.8. The molecule has 1 aliphatic heterocycles. The van der Waals surface area contributed by atoms with Crippen LogP contribution in [0.4, 0.5) is 5.69 Å². The number of aliphatic imine (C=N–C) groups is 1. The van der Waals surface area contributed by atoms with Gasteiger partial charge in [0, 0.05) is 24.6 Å². The van der Waals surface area contributed by atoms with Crippen molar-refractivity contribution < 1.29 is 14.6 Å². The Morgan fingerprint density at radius 2 is 1.89 bits per heavy atom. The van der Waals surface area contributed by atoms with Crippen molar-refractivity contribution >= 4 is 22.7 Å². The minimum Gasteiger partial charge on any atom is -0.494 e. The third-order valence-corrected chi connectivity index (χ3v) is 4.35. The van der Waals surface area contributed by atoms with Gasteiger partial charge in [0.2, 0.25) is 12.7 Å². The molecule has 6 nitrogen and oxygen atoms in total. The number of rotatable bonds is 4. The largest absolute Gasteiger partial charge is 0.494 e. The number of hydrogen-bond donors (Lipinski definition) is 1. The van der Waals surface area contributed by atoms with E-state index in [-0.39, 0.29) is 24.8 Å². The van der Waals surface area contributed by atoms with Crippen LogP contribution in [0.5, 0.6) is 17.4 Å². The van der Waals surface area contributed by atoms with Crippen LogP contribution in [0, 0.1) is 12.3 Å². The van der Waals surface area contributed by atoms with E-state index in [2.05, 4.69) is 10.9 Å². The van der Waals surface area contributed by atoms with E-state index >= 15 is 0 Å². The van der Waals surface area contributed by atoms with Crippen molar-refractivity contribution in [1.29, 1.82) is 0 Å². The standard InChI is InChI=1S/C21H16N2O4/c1-2-3-9-23-20(24)16-11-19-18(26-13-27-19)10-15(16)17(21(23)25)12-22-14-7-5-4-6-8-14/h1,4-8,10-12,25H,3,9,13H2. The van der Waals surface area contributed by atoms with Gasteiger partial charge < -0.3 is 14.6 Å². The van der Waals surface area contributed by atoms with E-state index in [1.54, 1.807) is 18.3 Å². The molecule has 2 heterocycles. The fourth-order valence-electron chi connectivity index (χ4n) is 3.01. The Bertz CT molecular complexity index is 1140. The number of hydrogen-bond acceptors (Lipinski definition) is 5. The Hall–Kier alpha value is -3.72. The normalized spacial score (nSPS) is 12.6. The molecule has 27 heavy (non-hydrogen) atoms. The molecule has 134 valence electrons. The summed E-state index contributed by atoms with van der Waals surface area (Å²) in [6.07, 6.45) is 7.19. The van der Waals surface area contributed by atoms with Gasteiger partial charge in [-0.25, -0.2) is 0 Å². The predicted molar refractivity (Wildman–Crippen MR) is 103 cm³/mol. The summed E-state index contributed by atoms with van der Waals surface area (Å²) in [5.74, 6) is 3.33. The summed E-state index contributed by atoms with van der Waals surface area (Å²) in [5, 5.41) is 11.7. The smallest absolute Gasteiger partial charge is 0.261 e. The van der Waals surface area contributed by atoms with Crippen LogP contribution in [0.15, 0.2) is 52.3 Å². The van der Waals surface area contributed by atoms with Crippen molar-refractivity contribution in [3.63, 3.8) is 0 Å². The number of para-hydroxylation sites is 1. The molecule has 0 aliphatic carbocycles. The van der Waals surface area contributed by atoms with Gasteiger partial charge in [-0.2, -0.15) is 0 Å². The Labute approximate surface area is 155 Å². The van der Waals surface area contributed by atoms with Crippen LogP contribution in [0.3, 0.4) is 0 Å². The molecule has 0 amide bonds. The van der Waals surface area contributed by atoms with Crippen molar-refractivity contribution in [3.8, 4) is 29.7 Å². The average Bonchev–Trinajstić information content (AvgIpc) is 3.15. The van der Waals surface area contributed by atoms with Crippen molar-refractivity contribution in [1.82, 2.24) is 4.57 Å². The van der Waals surface area contributed by atoms with Gasteiger partial charge in [0.1, 0.15) is 0 Å². The van der Waals surface area contributed by atoms with Gasteiger partial charge in [0.25, 0.3) is 5.56 Å². The number of pyridine rings is 1. The lowest BCUT2D eigenvalue weighted by atomic mass is 10.1. The van der Waals surface area contributed by atoms with Crippen molar-refractivity contribution in [2.45, 2.75) is 13.0 Å². The second-order valence-electron chi connectivity index (χ2n) is 5.99. The Morgan fingerprint density at radius 3 is 2.59 bits per heavy atom. The number of terminal acetylenes is 1. The lowest BCUT2D eigenvalue weighted by molar-refractivity contribution is 0.174. The molecule has 6 heteroatoms. The Morgan fingerprint density at radius 1 is 1.19 bits per heavy atom. The number of aromatic nitrogens is 1. The zero-order valence-corrected chi connectivity index (χ0v) is 14.4. The second kappa shape index (κ2) is 6.89. The topological polar surface area (TPSA) is 73.0 Å². The van der Waals surface area contributed by atoms with Gasteiger partial charge in [-0.05, 0) is 24.3 Å². The first-order valence-electron chi connectivity index (χ1n) is 8.40. The number of nitrogens with zero attached hydrogens (tertiary/aromatic N) is 2. The highest BCUT2D eigenvalue weighted by Crippen LogP contribution is 2.37. The Balaban J connectivity index is 1.96. The summed E-state index contributed by atoms with van der Waals surface area (Å²) < 4.78 is 12.1. The molecular weight excluding hydrogens is 344 g/mol. The van der Waals surface area contributed by atoms with E-state index in [4.69, 9.17) is 15.9 Å². The third-order valence-electron chi connectivity index (χ3n) is 4.35. The maximum atomic E-state index is 12.9. The molecule has 1 aliphatic rings. The van der Waals surface area contributed by atoms with Crippen molar-refractivity contribution in [2.24, 2.45) is 4.99 Å². The molecule has 0 atom stereocenters. The van der Waals surface area contributed by atoms with E-state index in [0.29, 0.717) is 34.3 Å². The molecule has 0 spiro atoms. The molecule has 0 saturated heterocycles. The molecule has 2 aromatic carbocycles. The molecule has 4 rings (SSSR count). The van der Waals surface area contributed by atoms with Crippen LogP contribution in [-0.4, -0.2) is 22.7 Å². The fraction of sp³-hybridized carbons (Fsp3) is 0.143. The number of ether oxygens (including phenoxy) is 2. The van der Waals surface area contributed by atoms with E-state index in [0.717, 1.165) is 5.69 Å². The van der Waals surface area contributed by atoms with Gasteiger partial charge in [0.15, 0.2) is 11.5 Å². The number of benzene rings is 2. The zero-order valence-electron chi connectivity index (χ0n) is 14.4. The molecule has 0 saturated carbocycles. The summed E-state index contributed by atoms with van der Waals surface area (Å²) in [5.41, 5.74) is 0.809. The molecule has 1 N–H and O–H groups in total. The molecule has 3 aromatic rings. The minimum absolute atomic E-state index is 0.0936. The number of fused-ring (bicyclic) bond motifs is 2. The second-order valence-corrected chi connectivity index (χ2v) is 5.99. The highest BCUT2D eigenvalue weighted by Gasteiger charge is 2.21. The quantitative estimate of drug-likeness (QED) is 0.573. The van der Waals surface area contributed by atoms with Gasteiger partial charge in [-0.1, -0.05) is 18.2 Å². The molecule has 0 fully saturated rings. The summed E-state index contributed by atoms with van der Waals surface area (Å²) in [6.45, 7) is 0.300. The minimum atomic E-state index is -0.340. The predicted octanol–water partition coefficient (Wildman–Crippen LogP) is 3.21. The SMILES string of the molecule is C#CCCn1c(O)c(C=Nc2ccccc2)c2cc3c(cc2c1=O)OCO3. The lowest BCUT2D eigenvalue weighted by Gasteiger charge is -2.13. The summed E-state index contributed by atoms with van der Waals surface area (Å²) in [4.78, 5) is 17.3. The summed E-state index contributed by atoms with van der Waals surface area (Å²) in [7, 11) is 0. The third kappa shape index (κ3) is 3.00. The first-order chi connectivity index (χ1) is 13.2. The maximum absolute atomic E-state index is 12.9. The van der Waals surface area contributed by atoms with Crippen molar-refractivity contribution in [3.05, 3.63) is 58.4 Å². The highest BCUT2D eigenvalue weighted by molar-refractivity contribution is 6.03. The van der Waals surface area contributed by atoms with Gasteiger partial charge in [-0.3, -0.25) is 14.4 Å². The average molecular weight is 360 g/mol. The molecule has 0 radical (unpaired) electrons. The first-order valence-corrected chi connectivity index (χ1v) is 8.40. The first kappa shape index (κ1) is 16.7. The fourth-order valence-corrected chi connectivity index (χ4v) is 3.01. The molecule has 1 aromatic heterocycles. The maximum Gasteiger partial charge on any atom is 0.261 e. The summed E-state index contributed by atoms with van der Waals surface area (Å²) in [6, 6.07) is 12.7. The van der Waals surface area contributed by atoms with E-state index < -0.39 is 0 Å². The molecule has 0 bridgehead atoms. The Kier molecular flexibility index (Phi) is 4.27. The molecule has 0 unspecified atom stereocenters. The van der Waals surface area contributed by atoms with Crippen LogP contribution in [-0.2, 0) is 6.54 Å². The molecular formula is C21H16N2O4. The highest BCUT2D eigenvalue weighted by atomic mass is 16.7. The van der Waals surface area contributed by atoms with Crippen LogP contribution in [0.2, 0.25) is 0 Å². The summed E-state index contributed by atoms with van der Waals surface area (Å²) >= 11 is 0. The van der Waals surface area contributed by atoms with E-state index in [1.165, 1.54) is 4.57 Å². The van der Waals surface area contributed by atoms with Gasteiger partial charge >= 0.3 is 0 Å². The van der Waals surface area contributed by atoms with E-state index in [9.17, 15) is 9.90 Å². The van der Waals surface area contributed by atoms with Crippen LogP contribution >= 0.6 is 0 Å². The van der Waals surface area contributed by atoms with Gasteiger partial charge in [0.05, 0.1) is 16.6 Å². The number of aromatic hydroxyl groups is 1. The van der Waals surface area contributed by atoms with Crippen LogP contribution < -0.4 is 15.0 Å².